The predicted octanol–water partition coefficient (Wildman–Crippen LogP) is 3.53. The molecule has 0 bridgehead atoms. The Balaban J connectivity index is 1.76. The van der Waals surface area contributed by atoms with Crippen molar-refractivity contribution in [2.24, 2.45) is 11.7 Å². The normalized spacial score (nSPS) is 14.0. The van der Waals surface area contributed by atoms with Crippen LogP contribution >= 0.6 is 0 Å². The molecule has 1 aromatic heterocycles. The van der Waals surface area contributed by atoms with Gasteiger partial charge in [0.05, 0.1) is 5.56 Å². The number of halogens is 1. The average molecular weight is 316 g/mol. The number of hydrogen-bond donors (Lipinski definition) is 1. The van der Waals surface area contributed by atoms with E-state index in [0.717, 1.165) is 17.5 Å². The van der Waals surface area contributed by atoms with Crippen molar-refractivity contribution in [1.82, 2.24) is 4.98 Å². The second kappa shape index (κ2) is 6.54. The highest BCUT2D eigenvalue weighted by molar-refractivity contribution is 5.75. The van der Waals surface area contributed by atoms with Crippen LogP contribution < -0.4 is 15.2 Å². The summed E-state index contributed by atoms with van der Waals surface area (Å²) in [6.45, 7) is 4.92. The molecule has 23 heavy (non-hydrogen) atoms. The van der Waals surface area contributed by atoms with Gasteiger partial charge in [-0.05, 0) is 36.1 Å². The molecular formula is C18H21FN2O2. The summed E-state index contributed by atoms with van der Waals surface area (Å²) in [7, 11) is 0. The number of fused-ring (bicyclic) bond motifs is 3. The summed E-state index contributed by atoms with van der Waals surface area (Å²) in [6.07, 6.45) is 2.39. The average Bonchev–Trinajstić information content (AvgIpc) is 2.52. The highest BCUT2D eigenvalue weighted by Gasteiger charge is 2.21. The van der Waals surface area contributed by atoms with E-state index in [1.165, 1.54) is 6.20 Å². The number of pyridine rings is 1. The molecule has 2 N–H and O–H groups in total. The Bertz CT molecular complexity index is 703. The molecule has 0 amide bonds. The number of ether oxygens (including phenoxy) is 2. The molecule has 2 heterocycles. The SMILES string of the molecule is CC(C)C[C@H](N)COc1ccc2c(c1)OCc1c-2ccnc1F. The summed E-state index contributed by atoms with van der Waals surface area (Å²) in [4.78, 5) is 3.67. The van der Waals surface area contributed by atoms with Crippen molar-refractivity contribution in [2.45, 2.75) is 32.9 Å². The Hall–Kier alpha value is -2.14. The van der Waals surface area contributed by atoms with Crippen molar-refractivity contribution >= 4 is 0 Å². The van der Waals surface area contributed by atoms with E-state index in [2.05, 4.69) is 18.8 Å². The van der Waals surface area contributed by atoms with E-state index >= 15 is 0 Å². The van der Waals surface area contributed by atoms with Crippen LogP contribution in [0.2, 0.25) is 0 Å². The van der Waals surface area contributed by atoms with Crippen molar-refractivity contribution in [3.63, 3.8) is 0 Å². The van der Waals surface area contributed by atoms with Crippen molar-refractivity contribution in [3.05, 3.63) is 42.0 Å². The van der Waals surface area contributed by atoms with Crippen LogP contribution in [0, 0.1) is 11.9 Å². The van der Waals surface area contributed by atoms with Crippen LogP contribution in [-0.2, 0) is 6.61 Å². The second-order valence-electron chi connectivity index (χ2n) is 6.28. The molecule has 5 heteroatoms. The lowest BCUT2D eigenvalue weighted by Crippen LogP contribution is -2.29. The fourth-order valence-electron chi connectivity index (χ4n) is 2.82. The molecule has 0 radical (unpaired) electrons. The molecule has 0 unspecified atom stereocenters. The van der Waals surface area contributed by atoms with Crippen LogP contribution in [0.5, 0.6) is 11.5 Å². The Morgan fingerprint density at radius 1 is 1.30 bits per heavy atom. The van der Waals surface area contributed by atoms with Gasteiger partial charge in [0.25, 0.3) is 0 Å². The van der Waals surface area contributed by atoms with Gasteiger partial charge in [-0.1, -0.05) is 13.8 Å². The quantitative estimate of drug-likeness (QED) is 0.857. The van der Waals surface area contributed by atoms with Gasteiger partial charge in [-0.3, -0.25) is 0 Å². The molecule has 122 valence electrons. The van der Waals surface area contributed by atoms with E-state index in [9.17, 15) is 4.39 Å². The fourth-order valence-corrected chi connectivity index (χ4v) is 2.82. The lowest BCUT2D eigenvalue weighted by atomic mass is 9.98. The maximum atomic E-state index is 13.7. The van der Waals surface area contributed by atoms with E-state index in [4.69, 9.17) is 15.2 Å². The molecule has 4 nitrogen and oxygen atoms in total. The van der Waals surface area contributed by atoms with Crippen molar-refractivity contribution in [1.29, 1.82) is 0 Å². The third kappa shape index (κ3) is 3.45. The Kier molecular flexibility index (Phi) is 4.48. The molecule has 1 aromatic carbocycles. The van der Waals surface area contributed by atoms with Crippen LogP contribution in [0.4, 0.5) is 4.39 Å². The monoisotopic (exact) mass is 316 g/mol. The van der Waals surface area contributed by atoms with Gasteiger partial charge in [-0.2, -0.15) is 4.39 Å². The number of rotatable bonds is 5. The summed E-state index contributed by atoms with van der Waals surface area (Å²) >= 11 is 0. The minimum absolute atomic E-state index is 0.00727. The molecule has 1 atom stereocenters. The summed E-state index contributed by atoms with van der Waals surface area (Å²) in [6, 6.07) is 7.39. The van der Waals surface area contributed by atoms with Crippen LogP contribution in [0.1, 0.15) is 25.8 Å². The first-order valence-corrected chi connectivity index (χ1v) is 7.83. The summed E-state index contributed by atoms with van der Waals surface area (Å²) < 4.78 is 25.1. The molecule has 0 saturated heterocycles. The summed E-state index contributed by atoms with van der Waals surface area (Å²) in [5.41, 5.74) is 8.20. The third-order valence-corrected chi connectivity index (χ3v) is 3.86. The van der Waals surface area contributed by atoms with Crippen LogP contribution in [0.15, 0.2) is 30.5 Å². The zero-order chi connectivity index (χ0) is 16.4. The molecule has 0 spiro atoms. The van der Waals surface area contributed by atoms with E-state index in [1.54, 1.807) is 6.07 Å². The lowest BCUT2D eigenvalue weighted by Gasteiger charge is -2.22. The molecule has 1 aliphatic rings. The van der Waals surface area contributed by atoms with E-state index in [0.29, 0.717) is 29.6 Å². The van der Waals surface area contributed by atoms with Gasteiger partial charge in [0.1, 0.15) is 24.7 Å². The van der Waals surface area contributed by atoms with E-state index in [-0.39, 0.29) is 12.6 Å². The smallest absolute Gasteiger partial charge is 0.220 e. The minimum atomic E-state index is -0.479. The van der Waals surface area contributed by atoms with Gasteiger partial charge in [0.15, 0.2) is 0 Å². The molecular weight excluding hydrogens is 295 g/mol. The van der Waals surface area contributed by atoms with E-state index in [1.807, 2.05) is 18.2 Å². The predicted molar refractivity (Wildman–Crippen MR) is 86.9 cm³/mol. The first-order chi connectivity index (χ1) is 11.0. The molecule has 0 saturated carbocycles. The van der Waals surface area contributed by atoms with Gasteiger partial charge in [-0.25, -0.2) is 4.98 Å². The molecule has 1 aliphatic heterocycles. The van der Waals surface area contributed by atoms with Gasteiger partial charge >= 0.3 is 0 Å². The Morgan fingerprint density at radius 2 is 2.13 bits per heavy atom. The highest BCUT2D eigenvalue weighted by Crippen LogP contribution is 2.39. The Labute approximate surface area is 135 Å². The van der Waals surface area contributed by atoms with Crippen molar-refractivity contribution in [2.75, 3.05) is 6.61 Å². The summed E-state index contributed by atoms with van der Waals surface area (Å²) in [5, 5.41) is 0. The third-order valence-electron chi connectivity index (χ3n) is 3.86. The standard InChI is InChI=1S/C18H21FN2O2/c1-11(2)7-12(20)9-22-13-3-4-15-14-5-6-21-18(19)16(14)10-23-17(15)8-13/h3-6,8,11-12H,7,9-10,20H2,1-2H3/t12-/m0/s1. The van der Waals surface area contributed by atoms with Gasteiger partial charge in [-0.15, -0.1) is 0 Å². The highest BCUT2D eigenvalue weighted by atomic mass is 19.1. The molecule has 3 rings (SSSR count). The number of benzene rings is 1. The maximum absolute atomic E-state index is 13.7. The molecule has 0 aliphatic carbocycles. The van der Waals surface area contributed by atoms with Crippen molar-refractivity contribution in [3.8, 4) is 22.6 Å². The number of aromatic nitrogens is 1. The fraction of sp³-hybridized carbons (Fsp3) is 0.389. The zero-order valence-corrected chi connectivity index (χ0v) is 13.4. The number of hydrogen-bond acceptors (Lipinski definition) is 4. The van der Waals surface area contributed by atoms with Gasteiger partial charge in [0.2, 0.25) is 5.95 Å². The summed E-state index contributed by atoms with van der Waals surface area (Å²) in [5.74, 6) is 1.47. The number of nitrogens with zero attached hydrogens (tertiary/aromatic N) is 1. The minimum Gasteiger partial charge on any atom is -0.492 e. The van der Waals surface area contributed by atoms with Crippen LogP contribution in [0.25, 0.3) is 11.1 Å². The van der Waals surface area contributed by atoms with Gasteiger partial charge in [0, 0.05) is 23.9 Å². The van der Waals surface area contributed by atoms with Crippen LogP contribution in [-0.4, -0.2) is 17.6 Å². The maximum Gasteiger partial charge on any atom is 0.220 e. The van der Waals surface area contributed by atoms with Gasteiger partial charge < -0.3 is 15.2 Å². The topological polar surface area (TPSA) is 57.4 Å². The largest absolute Gasteiger partial charge is 0.492 e. The van der Waals surface area contributed by atoms with Crippen molar-refractivity contribution < 1.29 is 13.9 Å². The van der Waals surface area contributed by atoms with E-state index < -0.39 is 5.95 Å². The van der Waals surface area contributed by atoms with Crippen LogP contribution in [0.3, 0.4) is 0 Å². The zero-order valence-electron chi connectivity index (χ0n) is 13.4. The molecule has 0 fully saturated rings. The Morgan fingerprint density at radius 3 is 2.91 bits per heavy atom. The second-order valence-corrected chi connectivity index (χ2v) is 6.28. The first-order valence-electron chi connectivity index (χ1n) is 7.83. The first kappa shape index (κ1) is 15.7. The number of nitrogens with two attached hydrogens (primary N) is 1. The molecule has 2 aromatic rings. The lowest BCUT2D eigenvalue weighted by molar-refractivity contribution is 0.264.